The predicted octanol–water partition coefficient (Wildman–Crippen LogP) is -0.954. The Labute approximate surface area is 207 Å². The van der Waals surface area contributed by atoms with Crippen LogP contribution in [0.4, 0.5) is 4.39 Å². The van der Waals surface area contributed by atoms with Gasteiger partial charge in [0.15, 0.2) is 0 Å². The number of hydrogen-bond acceptors (Lipinski definition) is 5. The number of carbonyl (C=O) groups is 1. The molecule has 2 atom stereocenters. The van der Waals surface area contributed by atoms with Crippen LogP contribution in [-0.2, 0) is 17.6 Å². The van der Waals surface area contributed by atoms with E-state index < -0.39 is 24.6 Å². The van der Waals surface area contributed by atoms with Gasteiger partial charge in [0.25, 0.3) is 0 Å². The molecule has 8 heteroatoms. The summed E-state index contributed by atoms with van der Waals surface area (Å²) in [7, 11) is 0. The van der Waals surface area contributed by atoms with Gasteiger partial charge in [0.05, 0.1) is 29.3 Å². The number of carboxylic acids is 1. The van der Waals surface area contributed by atoms with Crippen LogP contribution in [0.5, 0.6) is 0 Å². The van der Waals surface area contributed by atoms with E-state index in [1.165, 1.54) is 23.8 Å². The quantitative estimate of drug-likeness (QED) is 0.458. The Hall–Kier alpha value is -2.29. The minimum absolute atomic E-state index is 0. The Morgan fingerprint density at radius 3 is 2.59 bits per heavy atom. The van der Waals surface area contributed by atoms with E-state index in [4.69, 9.17) is 5.10 Å². The average molecular weight is 444 g/mol. The van der Waals surface area contributed by atoms with E-state index in [0.29, 0.717) is 5.69 Å². The van der Waals surface area contributed by atoms with Crippen LogP contribution in [0, 0.1) is 5.82 Å². The first-order chi connectivity index (χ1) is 14.9. The van der Waals surface area contributed by atoms with Crippen LogP contribution in [-0.4, -0.2) is 38.2 Å². The zero-order valence-electron chi connectivity index (χ0n) is 17.7. The zero-order valence-corrected chi connectivity index (χ0v) is 19.7. The van der Waals surface area contributed by atoms with Gasteiger partial charge in [-0.2, -0.15) is 5.10 Å². The maximum absolute atomic E-state index is 13.4. The number of carboxylic acid groups (broad SMARTS) is 1. The zero-order chi connectivity index (χ0) is 22.0. The Kier molecular flexibility index (Phi) is 8.03. The van der Waals surface area contributed by atoms with Gasteiger partial charge in [-0.3, -0.25) is 0 Å². The van der Waals surface area contributed by atoms with Crippen LogP contribution in [0.3, 0.4) is 0 Å². The molecule has 0 spiro atoms. The molecule has 1 aromatic heterocycles. The van der Waals surface area contributed by atoms with E-state index in [-0.39, 0.29) is 41.8 Å². The van der Waals surface area contributed by atoms with Crippen molar-refractivity contribution < 1.29 is 54.1 Å². The summed E-state index contributed by atoms with van der Waals surface area (Å²) in [6.07, 6.45) is 1.94. The summed E-state index contributed by atoms with van der Waals surface area (Å²) in [6.45, 7) is 0. The molecule has 0 saturated heterocycles. The normalized spacial score (nSPS) is 14.3. The van der Waals surface area contributed by atoms with Gasteiger partial charge >= 0.3 is 29.6 Å². The number of carbonyl (C=O) groups excluding carboxylic acids is 1. The van der Waals surface area contributed by atoms with Gasteiger partial charge in [-0.25, -0.2) is 9.07 Å². The minimum Gasteiger partial charge on any atom is -0.550 e. The number of aliphatic hydroxyl groups is 2. The molecule has 0 saturated carbocycles. The van der Waals surface area contributed by atoms with Crippen molar-refractivity contribution >= 4 is 12.0 Å². The number of hydrogen-bond donors (Lipinski definition) is 2. The Morgan fingerprint density at radius 1 is 1.16 bits per heavy atom. The number of nitrogens with zero attached hydrogens (tertiary/aromatic N) is 2. The Morgan fingerprint density at radius 2 is 1.88 bits per heavy atom. The van der Waals surface area contributed by atoms with Crippen molar-refractivity contribution in [2.45, 2.75) is 37.9 Å². The summed E-state index contributed by atoms with van der Waals surface area (Å²) in [5, 5.41) is 35.4. The van der Waals surface area contributed by atoms with E-state index in [1.54, 1.807) is 22.9 Å². The van der Waals surface area contributed by atoms with E-state index in [9.17, 15) is 24.5 Å². The Bertz CT molecular complexity index is 1130. The van der Waals surface area contributed by atoms with Crippen molar-refractivity contribution in [3.05, 3.63) is 77.2 Å². The first-order valence-corrected chi connectivity index (χ1v) is 10.1. The fraction of sp³-hybridized carbons (Fsp3) is 0.250. The van der Waals surface area contributed by atoms with Crippen LogP contribution in [0.2, 0.25) is 0 Å². The largest absolute Gasteiger partial charge is 1.00 e. The van der Waals surface area contributed by atoms with Crippen molar-refractivity contribution in [3.8, 4) is 16.9 Å². The van der Waals surface area contributed by atoms with E-state index >= 15 is 0 Å². The van der Waals surface area contributed by atoms with Gasteiger partial charge in [-0.05, 0) is 48.7 Å². The SMILES string of the molecule is O=C([O-])C[C@H](O)C[C@H](O)/C=C/c1c2c(nn1-c1ccc(F)cc1)-c1ccccc1CC2.[Na+]. The molecule has 0 radical (unpaired) electrons. The third kappa shape index (κ3) is 5.36. The summed E-state index contributed by atoms with van der Waals surface area (Å²) in [5.74, 6) is -1.72. The molecule has 1 heterocycles. The molecule has 160 valence electrons. The van der Waals surface area contributed by atoms with Gasteiger partial charge in [0.2, 0.25) is 0 Å². The van der Waals surface area contributed by atoms with Crippen molar-refractivity contribution in [2.24, 2.45) is 0 Å². The fourth-order valence-corrected chi connectivity index (χ4v) is 3.94. The number of rotatable bonds is 7. The second-order valence-corrected chi connectivity index (χ2v) is 7.65. The van der Waals surface area contributed by atoms with Crippen molar-refractivity contribution in [1.29, 1.82) is 0 Å². The van der Waals surface area contributed by atoms with E-state index in [2.05, 4.69) is 6.07 Å². The molecule has 0 unspecified atom stereocenters. The number of aromatic nitrogens is 2. The van der Waals surface area contributed by atoms with Crippen LogP contribution >= 0.6 is 0 Å². The minimum atomic E-state index is -1.37. The third-order valence-electron chi connectivity index (χ3n) is 5.40. The second kappa shape index (κ2) is 10.6. The first kappa shape index (κ1) is 24.4. The second-order valence-electron chi connectivity index (χ2n) is 7.65. The molecule has 0 bridgehead atoms. The standard InChI is InChI=1S/C24H23FN2O4.Na/c25-16-6-8-17(9-7-16)27-22(12-10-18(28)13-19(29)14-23(30)31)21-11-5-15-3-1-2-4-20(15)24(21)26-27;/h1-4,6-10,12,18-19,28-29H,5,11,13-14H2,(H,30,31);/q;+1/p-1/b12-10+;/t18-,19-;/m1./s1. The van der Waals surface area contributed by atoms with Crippen LogP contribution in [0.15, 0.2) is 54.6 Å². The molecule has 1 aliphatic carbocycles. The Balaban J connectivity index is 0.00000289. The number of aryl methyl sites for hydroxylation is 1. The number of halogens is 1. The number of fused-ring (bicyclic) bond motifs is 3. The summed E-state index contributed by atoms with van der Waals surface area (Å²) in [5.41, 5.74) is 5.55. The van der Waals surface area contributed by atoms with Crippen molar-refractivity contribution in [2.75, 3.05) is 0 Å². The average Bonchev–Trinajstić information content (AvgIpc) is 3.11. The molecular weight excluding hydrogens is 422 g/mol. The van der Waals surface area contributed by atoms with Gasteiger partial charge in [0, 0.05) is 29.9 Å². The van der Waals surface area contributed by atoms with Crippen LogP contribution in [0.25, 0.3) is 23.0 Å². The third-order valence-corrected chi connectivity index (χ3v) is 5.40. The summed E-state index contributed by atoms with van der Waals surface area (Å²) in [6, 6.07) is 14.1. The summed E-state index contributed by atoms with van der Waals surface area (Å²) in [4.78, 5) is 10.6. The predicted molar refractivity (Wildman–Crippen MR) is 112 cm³/mol. The number of benzene rings is 2. The van der Waals surface area contributed by atoms with Crippen LogP contribution in [0.1, 0.15) is 29.7 Å². The number of aliphatic hydroxyl groups excluding tert-OH is 2. The van der Waals surface area contributed by atoms with Gasteiger partial charge in [0.1, 0.15) is 5.82 Å². The molecule has 4 rings (SSSR count). The molecule has 1 aliphatic rings. The number of aliphatic carboxylic acids is 1. The molecule has 3 aromatic rings. The van der Waals surface area contributed by atoms with Crippen molar-refractivity contribution in [1.82, 2.24) is 9.78 Å². The topological polar surface area (TPSA) is 98.4 Å². The molecule has 0 aliphatic heterocycles. The molecule has 0 fully saturated rings. The summed E-state index contributed by atoms with van der Waals surface area (Å²) < 4.78 is 15.2. The molecule has 6 nitrogen and oxygen atoms in total. The van der Waals surface area contributed by atoms with Crippen LogP contribution < -0.4 is 34.7 Å². The maximum atomic E-state index is 13.4. The summed E-state index contributed by atoms with van der Waals surface area (Å²) >= 11 is 0. The van der Waals surface area contributed by atoms with Gasteiger partial charge in [-0.1, -0.05) is 30.3 Å². The van der Waals surface area contributed by atoms with E-state index in [0.717, 1.165) is 35.4 Å². The smallest absolute Gasteiger partial charge is 0.550 e. The molecular formula is C24H22FN2NaO4. The molecule has 2 aromatic carbocycles. The monoisotopic (exact) mass is 444 g/mol. The molecule has 0 amide bonds. The van der Waals surface area contributed by atoms with Gasteiger partial charge in [-0.15, -0.1) is 0 Å². The van der Waals surface area contributed by atoms with Gasteiger partial charge < -0.3 is 20.1 Å². The molecule has 32 heavy (non-hydrogen) atoms. The maximum Gasteiger partial charge on any atom is 1.00 e. The van der Waals surface area contributed by atoms with Crippen molar-refractivity contribution in [3.63, 3.8) is 0 Å². The first-order valence-electron chi connectivity index (χ1n) is 10.1. The molecule has 2 N–H and O–H groups in total. The fourth-order valence-electron chi connectivity index (χ4n) is 3.94. The van der Waals surface area contributed by atoms with E-state index in [1.807, 2.05) is 18.2 Å².